The lowest BCUT2D eigenvalue weighted by Crippen LogP contribution is -2.50. The zero-order valence-electron chi connectivity index (χ0n) is 13.9. The van der Waals surface area contributed by atoms with Gasteiger partial charge in [0, 0.05) is 37.8 Å². The molecule has 0 atom stereocenters. The smallest absolute Gasteiger partial charge is 0.321 e. The van der Waals surface area contributed by atoms with E-state index in [2.05, 4.69) is 5.32 Å². The number of nitrogens with one attached hydrogen (secondary N) is 1. The second kappa shape index (κ2) is 7.66. The Kier molecular flexibility index (Phi) is 5.35. The van der Waals surface area contributed by atoms with E-state index in [1.54, 1.807) is 24.3 Å². The number of anilines is 1. The Morgan fingerprint density at radius 2 is 1.83 bits per heavy atom. The summed E-state index contributed by atoms with van der Waals surface area (Å²) in [4.78, 5) is 28.2. The van der Waals surface area contributed by atoms with Gasteiger partial charge in [0.05, 0.1) is 6.61 Å². The Morgan fingerprint density at radius 3 is 2.46 bits per heavy atom. The van der Waals surface area contributed by atoms with Crippen molar-refractivity contribution < 1.29 is 14.7 Å². The van der Waals surface area contributed by atoms with Crippen LogP contribution < -0.4 is 5.32 Å². The summed E-state index contributed by atoms with van der Waals surface area (Å²) >= 11 is 0. The van der Waals surface area contributed by atoms with E-state index in [0.29, 0.717) is 19.5 Å². The van der Waals surface area contributed by atoms with Crippen molar-refractivity contribution in [2.75, 3.05) is 25.0 Å². The summed E-state index contributed by atoms with van der Waals surface area (Å²) in [5.41, 5.74) is 1.55. The van der Waals surface area contributed by atoms with E-state index in [-0.39, 0.29) is 24.6 Å². The van der Waals surface area contributed by atoms with Crippen LogP contribution in [0.15, 0.2) is 24.3 Å². The van der Waals surface area contributed by atoms with Crippen LogP contribution in [0.1, 0.15) is 37.7 Å². The molecule has 24 heavy (non-hydrogen) atoms. The number of rotatable bonds is 3. The van der Waals surface area contributed by atoms with Crippen molar-refractivity contribution in [3.8, 4) is 0 Å². The molecular weight excluding hydrogens is 306 g/mol. The van der Waals surface area contributed by atoms with Crippen molar-refractivity contribution in [3.63, 3.8) is 0 Å². The molecule has 0 unspecified atom stereocenters. The normalized spacial score (nSPS) is 19.5. The number of aliphatic hydroxyl groups is 1. The Bertz CT molecular complexity index is 580. The summed E-state index contributed by atoms with van der Waals surface area (Å²) < 4.78 is 0. The number of hydrogen-bond donors (Lipinski definition) is 2. The lowest BCUT2D eigenvalue weighted by molar-refractivity contribution is -0.136. The van der Waals surface area contributed by atoms with Crippen LogP contribution in [-0.4, -0.2) is 52.5 Å². The SMILES string of the molecule is O=C(Nc1ccc(CO)cc1)N1CCC(N2CCCCC2=O)CC1. The number of carbonyl (C=O) groups is 2. The van der Waals surface area contributed by atoms with Gasteiger partial charge in [-0.3, -0.25) is 4.79 Å². The predicted octanol–water partition coefficient (Wildman–Crippen LogP) is 2.19. The van der Waals surface area contributed by atoms with Gasteiger partial charge in [0.25, 0.3) is 0 Å². The molecule has 130 valence electrons. The van der Waals surface area contributed by atoms with Gasteiger partial charge in [-0.1, -0.05) is 12.1 Å². The number of piperidine rings is 2. The highest BCUT2D eigenvalue weighted by Crippen LogP contribution is 2.22. The Labute approximate surface area is 142 Å². The van der Waals surface area contributed by atoms with Crippen LogP contribution in [0.25, 0.3) is 0 Å². The third kappa shape index (κ3) is 3.87. The van der Waals surface area contributed by atoms with Crippen LogP contribution in [-0.2, 0) is 11.4 Å². The highest BCUT2D eigenvalue weighted by atomic mass is 16.3. The first-order valence-corrected chi connectivity index (χ1v) is 8.72. The van der Waals surface area contributed by atoms with Crippen LogP contribution in [0.3, 0.4) is 0 Å². The third-order valence-electron chi connectivity index (χ3n) is 4.94. The number of amides is 3. The topological polar surface area (TPSA) is 72.9 Å². The number of nitrogens with zero attached hydrogens (tertiary/aromatic N) is 2. The zero-order valence-corrected chi connectivity index (χ0v) is 13.9. The Morgan fingerprint density at radius 1 is 1.12 bits per heavy atom. The van der Waals surface area contributed by atoms with E-state index >= 15 is 0 Å². The van der Waals surface area contributed by atoms with Gasteiger partial charge in [-0.25, -0.2) is 4.79 Å². The first kappa shape index (κ1) is 16.8. The average molecular weight is 331 g/mol. The molecule has 6 nitrogen and oxygen atoms in total. The van der Waals surface area contributed by atoms with E-state index in [1.165, 1.54) is 0 Å². The predicted molar refractivity (Wildman–Crippen MR) is 91.5 cm³/mol. The molecule has 2 saturated heterocycles. The molecule has 0 saturated carbocycles. The molecule has 1 aromatic carbocycles. The van der Waals surface area contributed by atoms with Crippen LogP contribution in [0.4, 0.5) is 10.5 Å². The second-order valence-corrected chi connectivity index (χ2v) is 6.55. The standard InChI is InChI=1S/C18H25N3O3/c22-13-14-4-6-15(7-5-14)19-18(24)20-11-8-16(9-12-20)21-10-2-1-3-17(21)23/h4-7,16,22H,1-3,8-13H2,(H,19,24). The number of hydrogen-bond acceptors (Lipinski definition) is 3. The first-order valence-electron chi connectivity index (χ1n) is 8.72. The number of carbonyl (C=O) groups excluding carboxylic acids is 2. The van der Waals surface area contributed by atoms with Gasteiger partial charge in [0.15, 0.2) is 0 Å². The summed E-state index contributed by atoms with van der Waals surface area (Å²) in [6.07, 6.45) is 4.47. The molecule has 2 aliphatic heterocycles. The monoisotopic (exact) mass is 331 g/mol. The highest BCUT2D eigenvalue weighted by molar-refractivity contribution is 5.89. The fourth-order valence-electron chi connectivity index (χ4n) is 3.49. The van der Waals surface area contributed by atoms with Crippen LogP contribution in [0, 0.1) is 0 Å². The number of likely N-dealkylation sites (tertiary alicyclic amines) is 2. The molecule has 0 spiro atoms. The van der Waals surface area contributed by atoms with Gasteiger partial charge in [-0.05, 0) is 43.4 Å². The summed E-state index contributed by atoms with van der Waals surface area (Å²) in [5, 5.41) is 11.9. The Balaban J connectivity index is 1.50. The molecular formula is C18H25N3O3. The largest absolute Gasteiger partial charge is 0.392 e. The van der Waals surface area contributed by atoms with Gasteiger partial charge < -0.3 is 20.2 Å². The van der Waals surface area contributed by atoms with Gasteiger partial charge in [0.2, 0.25) is 5.91 Å². The molecule has 3 amide bonds. The van der Waals surface area contributed by atoms with Crippen molar-refractivity contribution in [1.82, 2.24) is 9.80 Å². The molecule has 2 heterocycles. The van der Waals surface area contributed by atoms with E-state index in [4.69, 9.17) is 5.11 Å². The summed E-state index contributed by atoms with van der Waals surface area (Å²) in [7, 11) is 0. The Hall–Kier alpha value is -2.08. The number of aliphatic hydroxyl groups excluding tert-OH is 1. The maximum atomic E-state index is 12.4. The lowest BCUT2D eigenvalue weighted by atomic mass is 10.00. The van der Waals surface area contributed by atoms with Gasteiger partial charge in [-0.2, -0.15) is 0 Å². The lowest BCUT2D eigenvalue weighted by Gasteiger charge is -2.40. The van der Waals surface area contributed by atoms with Gasteiger partial charge in [0.1, 0.15) is 0 Å². The average Bonchev–Trinajstić information content (AvgIpc) is 2.63. The maximum absolute atomic E-state index is 12.4. The van der Waals surface area contributed by atoms with E-state index in [9.17, 15) is 9.59 Å². The van der Waals surface area contributed by atoms with Crippen molar-refractivity contribution in [2.24, 2.45) is 0 Å². The number of urea groups is 1. The molecule has 0 radical (unpaired) electrons. The highest BCUT2D eigenvalue weighted by Gasteiger charge is 2.30. The van der Waals surface area contributed by atoms with Crippen molar-refractivity contribution in [1.29, 1.82) is 0 Å². The first-order chi connectivity index (χ1) is 11.7. The molecule has 2 N–H and O–H groups in total. The van der Waals surface area contributed by atoms with E-state index in [0.717, 1.165) is 43.5 Å². The number of benzene rings is 1. The van der Waals surface area contributed by atoms with Crippen molar-refractivity contribution in [3.05, 3.63) is 29.8 Å². The van der Waals surface area contributed by atoms with E-state index < -0.39 is 0 Å². The van der Waals surface area contributed by atoms with Crippen LogP contribution in [0.5, 0.6) is 0 Å². The van der Waals surface area contributed by atoms with Crippen LogP contribution >= 0.6 is 0 Å². The minimum Gasteiger partial charge on any atom is -0.392 e. The molecule has 6 heteroatoms. The van der Waals surface area contributed by atoms with Gasteiger partial charge in [-0.15, -0.1) is 0 Å². The summed E-state index contributed by atoms with van der Waals surface area (Å²) in [6, 6.07) is 7.36. The molecule has 0 aliphatic carbocycles. The summed E-state index contributed by atoms with van der Waals surface area (Å²) in [6.45, 7) is 2.22. The molecule has 3 rings (SSSR count). The quantitative estimate of drug-likeness (QED) is 0.892. The minimum atomic E-state index is -0.102. The summed E-state index contributed by atoms with van der Waals surface area (Å²) in [5.74, 6) is 0.271. The molecule has 2 aliphatic rings. The minimum absolute atomic E-state index is 0.00302. The zero-order chi connectivity index (χ0) is 16.9. The van der Waals surface area contributed by atoms with Crippen molar-refractivity contribution >= 4 is 17.6 Å². The molecule has 2 fully saturated rings. The van der Waals surface area contributed by atoms with Crippen molar-refractivity contribution in [2.45, 2.75) is 44.8 Å². The van der Waals surface area contributed by atoms with Gasteiger partial charge >= 0.3 is 6.03 Å². The second-order valence-electron chi connectivity index (χ2n) is 6.55. The molecule has 0 bridgehead atoms. The van der Waals surface area contributed by atoms with E-state index in [1.807, 2.05) is 9.80 Å². The fourth-order valence-corrected chi connectivity index (χ4v) is 3.49. The maximum Gasteiger partial charge on any atom is 0.321 e. The molecule has 1 aromatic rings. The fraction of sp³-hybridized carbons (Fsp3) is 0.556. The van der Waals surface area contributed by atoms with Crippen LogP contribution in [0.2, 0.25) is 0 Å². The third-order valence-corrected chi connectivity index (χ3v) is 4.94. The molecule has 0 aromatic heterocycles.